The number of para-hydroxylation sites is 1. The van der Waals surface area contributed by atoms with Crippen LogP contribution >= 0.6 is 28.7 Å². The molecule has 0 bridgehead atoms. The monoisotopic (exact) mass is 259 g/mol. The minimum absolute atomic E-state index is 0. The van der Waals surface area contributed by atoms with E-state index in [1.165, 1.54) is 10.6 Å². The van der Waals surface area contributed by atoms with Crippen LogP contribution in [0, 0.1) is 0 Å². The highest BCUT2D eigenvalue weighted by molar-refractivity contribution is 8.93. The summed E-state index contributed by atoms with van der Waals surface area (Å²) in [5.41, 5.74) is 1.40. The van der Waals surface area contributed by atoms with Gasteiger partial charge in [0.05, 0.1) is 11.6 Å². The molecule has 0 fully saturated rings. The molecule has 0 spiro atoms. The third-order valence-electron chi connectivity index (χ3n) is 2.16. The Balaban J connectivity index is 0.000000845. The van der Waals surface area contributed by atoms with E-state index in [2.05, 4.69) is 43.0 Å². The van der Waals surface area contributed by atoms with Crippen molar-refractivity contribution in [3.05, 3.63) is 24.3 Å². The maximum Gasteiger partial charge on any atom is 0.0689 e. The summed E-state index contributed by atoms with van der Waals surface area (Å²) >= 11 is 1.93. The number of nitrogens with zero attached hydrogens (tertiary/aromatic N) is 1. The topological polar surface area (TPSA) is 3.24 Å². The average molecular weight is 260 g/mol. The Morgan fingerprint density at radius 1 is 1.31 bits per heavy atom. The van der Waals surface area contributed by atoms with Crippen LogP contribution < -0.4 is 4.90 Å². The van der Waals surface area contributed by atoms with E-state index in [4.69, 9.17) is 0 Å². The highest BCUT2D eigenvalue weighted by atomic mass is 79.9. The molecular formula is C10H14BrNS. The zero-order chi connectivity index (χ0) is 8.55. The van der Waals surface area contributed by atoms with Crippen LogP contribution in [0.4, 0.5) is 5.69 Å². The second-order valence-corrected chi connectivity index (χ2v) is 4.29. The van der Waals surface area contributed by atoms with Crippen molar-refractivity contribution in [3.63, 3.8) is 0 Å². The first-order chi connectivity index (χ1) is 5.79. The number of rotatable bonds is 1. The Labute approximate surface area is 94.3 Å². The fraction of sp³-hybridized carbons (Fsp3) is 0.400. The lowest BCUT2D eigenvalue weighted by atomic mass is 10.2. The molecule has 1 aromatic rings. The molecule has 0 saturated carbocycles. The van der Waals surface area contributed by atoms with E-state index in [-0.39, 0.29) is 17.0 Å². The quantitative estimate of drug-likeness (QED) is 0.759. The van der Waals surface area contributed by atoms with E-state index in [0.717, 1.165) is 5.88 Å². The van der Waals surface area contributed by atoms with Crippen molar-refractivity contribution in [2.45, 2.75) is 24.8 Å². The number of thioether (sulfide) groups is 1. The maximum absolute atomic E-state index is 2.43. The number of hydrogen-bond acceptors (Lipinski definition) is 2. The van der Waals surface area contributed by atoms with Crippen LogP contribution in [0.3, 0.4) is 0 Å². The standard InChI is InChI=1S/C10H13NS.BrH/c1-8(2)11-7-12-10-6-4-3-5-9(10)11;/h3-6,8H,7H2,1-2H3;1H. The van der Waals surface area contributed by atoms with Crippen molar-refractivity contribution < 1.29 is 0 Å². The van der Waals surface area contributed by atoms with Gasteiger partial charge in [-0.15, -0.1) is 28.7 Å². The average Bonchev–Trinajstić information content (AvgIpc) is 2.47. The van der Waals surface area contributed by atoms with E-state index < -0.39 is 0 Å². The normalized spacial score (nSPS) is 14.2. The van der Waals surface area contributed by atoms with Crippen molar-refractivity contribution in [2.24, 2.45) is 0 Å². The van der Waals surface area contributed by atoms with Gasteiger partial charge in [0.1, 0.15) is 0 Å². The number of anilines is 1. The molecule has 0 radical (unpaired) electrons. The van der Waals surface area contributed by atoms with Crippen molar-refractivity contribution in [2.75, 3.05) is 10.8 Å². The number of halogens is 1. The first kappa shape index (κ1) is 10.9. The van der Waals surface area contributed by atoms with Gasteiger partial charge in [-0.25, -0.2) is 0 Å². The fourth-order valence-corrected chi connectivity index (χ4v) is 2.68. The Bertz CT molecular complexity index is 288. The summed E-state index contributed by atoms with van der Waals surface area (Å²) in [5, 5.41) is 0. The molecular weight excluding hydrogens is 246 g/mol. The molecule has 2 rings (SSSR count). The van der Waals surface area contributed by atoms with Gasteiger partial charge in [0.2, 0.25) is 0 Å². The third kappa shape index (κ3) is 2.02. The second kappa shape index (κ2) is 4.38. The summed E-state index contributed by atoms with van der Waals surface area (Å²) in [6.07, 6.45) is 0. The lowest BCUT2D eigenvalue weighted by molar-refractivity contribution is 0.746. The lowest BCUT2D eigenvalue weighted by Gasteiger charge is -2.22. The van der Waals surface area contributed by atoms with E-state index >= 15 is 0 Å². The molecule has 0 atom stereocenters. The molecule has 0 amide bonds. The second-order valence-electron chi connectivity index (χ2n) is 3.30. The molecule has 3 heteroatoms. The summed E-state index contributed by atoms with van der Waals surface area (Å²) in [5.74, 6) is 1.11. The van der Waals surface area contributed by atoms with Crippen LogP contribution in [0.5, 0.6) is 0 Å². The van der Waals surface area contributed by atoms with Crippen LogP contribution in [0.15, 0.2) is 29.2 Å². The fourth-order valence-electron chi connectivity index (χ4n) is 1.45. The summed E-state index contributed by atoms with van der Waals surface area (Å²) in [6.45, 7) is 4.48. The van der Waals surface area contributed by atoms with Crippen LogP contribution in [-0.2, 0) is 0 Å². The van der Waals surface area contributed by atoms with Crippen molar-refractivity contribution >= 4 is 34.4 Å². The highest BCUT2D eigenvalue weighted by Gasteiger charge is 2.20. The SMILES string of the molecule is Br.CC(C)N1CSc2ccccc21. The van der Waals surface area contributed by atoms with Gasteiger partial charge in [0.25, 0.3) is 0 Å². The molecule has 1 heterocycles. The largest absolute Gasteiger partial charge is 0.359 e. The van der Waals surface area contributed by atoms with E-state index in [1.54, 1.807) is 0 Å². The summed E-state index contributed by atoms with van der Waals surface area (Å²) in [6, 6.07) is 9.23. The molecule has 1 aliphatic rings. The summed E-state index contributed by atoms with van der Waals surface area (Å²) < 4.78 is 0. The van der Waals surface area contributed by atoms with E-state index in [0.29, 0.717) is 6.04 Å². The minimum atomic E-state index is 0. The predicted octanol–water partition coefficient (Wildman–Crippen LogP) is 3.54. The molecule has 13 heavy (non-hydrogen) atoms. The van der Waals surface area contributed by atoms with Crippen molar-refractivity contribution in [1.29, 1.82) is 0 Å². The zero-order valence-electron chi connectivity index (χ0n) is 7.86. The molecule has 1 nitrogen and oxygen atoms in total. The predicted molar refractivity (Wildman–Crippen MR) is 65.1 cm³/mol. The van der Waals surface area contributed by atoms with Gasteiger partial charge in [-0.05, 0) is 26.0 Å². The summed E-state index contributed by atoms with van der Waals surface area (Å²) in [7, 11) is 0. The molecule has 0 N–H and O–H groups in total. The highest BCUT2D eigenvalue weighted by Crippen LogP contribution is 2.38. The molecule has 0 aromatic heterocycles. The van der Waals surface area contributed by atoms with E-state index in [9.17, 15) is 0 Å². The maximum atomic E-state index is 2.43. The summed E-state index contributed by atoms with van der Waals surface area (Å²) in [4.78, 5) is 3.85. The van der Waals surface area contributed by atoms with Gasteiger partial charge >= 0.3 is 0 Å². The van der Waals surface area contributed by atoms with E-state index in [1.807, 2.05) is 11.8 Å². The lowest BCUT2D eigenvalue weighted by Crippen LogP contribution is -2.27. The van der Waals surface area contributed by atoms with Gasteiger partial charge in [-0.3, -0.25) is 0 Å². The first-order valence-electron chi connectivity index (χ1n) is 4.27. The van der Waals surface area contributed by atoms with Gasteiger partial charge in [-0.1, -0.05) is 12.1 Å². The smallest absolute Gasteiger partial charge is 0.0689 e. The van der Waals surface area contributed by atoms with Gasteiger partial charge in [0, 0.05) is 10.9 Å². The van der Waals surface area contributed by atoms with Crippen LogP contribution in [-0.4, -0.2) is 11.9 Å². The number of benzene rings is 1. The zero-order valence-corrected chi connectivity index (χ0v) is 10.4. The van der Waals surface area contributed by atoms with Crippen LogP contribution in [0.1, 0.15) is 13.8 Å². The first-order valence-corrected chi connectivity index (χ1v) is 5.26. The third-order valence-corrected chi connectivity index (χ3v) is 3.22. The van der Waals surface area contributed by atoms with Gasteiger partial charge in [-0.2, -0.15) is 0 Å². The Kier molecular flexibility index (Phi) is 3.68. The molecule has 0 unspecified atom stereocenters. The molecule has 72 valence electrons. The molecule has 0 aliphatic carbocycles. The number of hydrogen-bond donors (Lipinski definition) is 0. The Morgan fingerprint density at radius 2 is 2.00 bits per heavy atom. The van der Waals surface area contributed by atoms with Crippen molar-refractivity contribution in [1.82, 2.24) is 0 Å². The molecule has 0 saturated heterocycles. The molecule has 1 aliphatic heterocycles. The van der Waals surface area contributed by atoms with Gasteiger partial charge < -0.3 is 4.90 Å². The van der Waals surface area contributed by atoms with Crippen LogP contribution in [0.2, 0.25) is 0 Å². The van der Waals surface area contributed by atoms with Gasteiger partial charge in [0.15, 0.2) is 0 Å². The Morgan fingerprint density at radius 3 is 2.69 bits per heavy atom. The molecule has 1 aromatic carbocycles. The van der Waals surface area contributed by atoms with Crippen molar-refractivity contribution in [3.8, 4) is 0 Å². The number of fused-ring (bicyclic) bond motifs is 1. The van der Waals surface area contributed by atoms with Crippen LogP contribution in [0.25, 0.3) is 0 Å². The minimum Gasteiger partial charge on any atom is -0.359 e. The Hall–Kier alpha value is -0.150.